The number of hydrogen-bond acceptors (Lipinski definition) is 8. The molecule has 8 nitrogen and oxygen atoms in total. The quantitative estimate of drug-likeness (QED) is 0.415. The van der Waals surface area contributed by atoms with Crippen LogP contribution in [0.1, 0.15) is 10.4 Å². The molecule has 0 aliphatic carbocycles. The van der Waals surface area contributed by atoms with Crippen molar-refractivity contribution >= 4 is 43.4 Å². The second-order valence-electron chi connectivity index (χ2n) is 4.03. The number of hydrazine groups is 1. The highest BCUT2D eigenvalue weighted by molar-refractivity contribution is 7.91. The average molecular weight is 348 g/mol. The first-order chi connectivity index (χ1) is 9.85. The predicted molar refractivity (Wildman–Crippen MR) is 81.9 cm³/mol. The number of hydrogen-bond donors (Lipinski definition) is 3. The number of rotatable bonds is 6. The third kappa shape index (κ3) is 3.39. The normalized spacial score (nSPS) is 11.5. The molecular weight excluding hydrogens is 336 g/mol. The van der Waals surface area contributed by atoms with Crippen molar-refractivity contribution in [3.63, 3.8) is 0 Å². The maximum Gasteiger partial charge on any atom is 0.306 e. The first-order valence-corrected chi connectivity index (χ1v) is 8.80. The van der Waals surface area contributed by atoms with Crippen LogP contribution >= 0.6 is 22.7 Å². The highest BCUT2D eigenvalue weighted by atomic mass is 32.2. The van der Waals surface area contributed by atoms with E-state index in [-0.39, 0.29) is 21.4 Å². The molecular formula is C10H12N4O4S3. The summed E-state index contributed by atoms with van der Waals surface area (Å²) in [5, 5.41) is 12.7. The minimum atomic E-state index is -3.82. The van der Waals surface area contributed by atoms with Gasteiger partial charge in [-0.3, -0.25) is 10.1 Å². The molecule has 0 unspecified atom stereocenters. The second-order valence-corrected chi connectivity index (χ2v) is 8.08. The average Bonchev–Trinajstić information content (AvgIpc) is 3.02. The summed E-state index contributed by atoms with van der Waals surface area (Å²) in [4.78, 5) is 11.0. The van der Waals surface area contributed by atoms with Crippen molar-refractivity contribution in [2.75, 3.05) is 5.43 Å². The molecule has 4 N–H and O–H groups in total. The minimum absolute atomic E-state index is 0.00678. The fourth-order valence-corrected chi connectivity index (χ4v) is 4.76. The van der Waals surface area contributed by atoms with Crippen LogP contribution < -0.4 is 16.0 Å². The Labute approximate surface area is 128 Å². The molecule has 0 amide bonds. The third-order valence-electron chi connectivity index (χ3n) is 2.67. The zero-order chi connectivity index (χ0) is 15.6. The van der Waals surface area contributed by atoms with E-state index in [0.29, 0.717) is 11.3 Å². The van der Waals surface area contributed by atoms with Crippen molar-refractivity contribution in [2.45, 2.75) is 17.7 Å². The molecule has 0 spiro atoms. The van der Waals surface area contributed by atoms with Gasteiger partial charge in [-0.05, 0) is 23.9 Å². The summed E-state index contributed by atoms with van der Waals surface area (Å²) < 4.78 is 26.6. The molecule has 0 radical (unpaired) electrons. The number of anilines is 1. The number of nitrogen functional groups attached to an aromatic ring is 1. The number of nitrogens with one attached hydrogen (secondary N) is 2. The molecule has 0 saturated carbocycles. The molecule has 0 bridgehead atoms. The molecule has 2 aromatic rings. The molecule has 2 rings (SSSR count). The van der Waals surface area contributed by atoms with Crippen molar-refractivity contribution in [3.05, 3.63) is 38.1 Å². The topological polar surface area (TPSA) is 127 Å². The Morgan fingerprint density at radius 1 is 1.48 bits per heavy atom. The van der Waals surface area contributed by atoms with Crippen LogP contribution in [0.3, 0.4) is 0 Å². The summed E-state index contributed by atoms with van der Waals surface area (Å²) in [6.45, 7) is 2.02. The maximum absolute atomic E-state index is 12.2. The minimum Gasteiger partial charge on any atom is -0.310 e. The maximum atomic E-state index is 12.2. The van der Waals surface area contributed by atoms with Crippen molar-refractivity contribution in [3.8, 4) is 0 Å². The van der Waals surface area contributed by atoms with E-state index < -0.39 is 14.9 Å². The summed E-state index contributed by atoms with van der Waals surface area (Å²) >= 11 is 2.15. The van der Waals surface area contributed by atoms with Crippen LogP contribution in [0.2, 0.25) is 0 Å². The van der Waals surface area contributed by atoms with Crippen molar-refractivity contribution < 1.29 is 13.3 Å². The summed E-state index contributed by atoms with van der Waals surface area (Å²) in [5.41, 5.74) is 2.76. The molecule has 2 heterocycles. The Balaban J connectivity index is 2.23. The molecule has 2 aromatic heterocycles. The van der Waals surface area contributed by atoms with Crippen LogP contribution in [-0.2, 0) is 16.6 Å². The Kier molecular flexibility index (Phi) is 4.58. The fourth-order valence-electron chi connectivity index (χ4n) is 1.55. The van der Waals surface area contributed by atoms with Gasteiger partial charge in [-0.15, -0.1) is 11.3 Å². The summed E-state index contributed by atoms with van der Waals surface area (Å²) in [6.07, 6.45) is 0. The Hall–Kier alpha value is -1.53. The molecule has 0 aromatic carbocycles. The van der Waals surface area contributed by atoms with Gasteiger partial charge in [-0.25, -0.2) is 19.0 Å². The van der Waals surface area contributed by atoms with E-state index in [9.17, 15) is 18.5 Å². The molecule has 0 saturated heterocycles. The molecule has 0 atom stereocenters. The molecule has 114 valence electrons. The number of aryl methyl sites for hydroxylation is 1. The van der Waals surface area contributed by atoms with Gasteiger partial charge in [-0.2, -0.15) is 0 Å². The number of sulfonamides is 1. The first-order valence-electron chi connectivity index (χ1n) is 5.62. The highest BCUT2D eigenvalue weighted by Crippen LogP contribution is 2.36. The summed E-state index contributed by atoms with van der Waals surface area (Å²) in [7, 11) is -3.82. The van der Waals surface area contributed by atoms with Crippen LogP contribution in [-0.4, -0.2) is 13.3 Å². The zero-order valence-electron chi connectivity index (χ0n) is 10.8. The summed E-state index contributed by atoms with van der Waals surface area (Å²) in [5.74, 6) is 5.16. The van der Waals surface area contributed by atoms with Gasteiger partial charge in [0, 0.05) is 17.5 Å². The van der Waals surface area contributed by atoms with Crippen LogP contribution in [0.25, 0.3) is 0 Å². The van der Waals surface area contributed by atoms with Gasteiger partial charge >= 0.3 is 5.69 Å². The van der Waals surface area contributed by atoms with Gasteiger partial charge in [0.2, 0.25) is 0 Å². The van der Waals surface area contributed by atoms with Gasteiger partial charge < -0.3 is 5.43 Å². The standard InChI is InChI=1S/C10H12N4O4S3/c1-6-2-3-19-8(6)5-12-21(17,18)9-4-7(14(15)16)10(13-11)20-9/h2-4,12-13H,5,11H2,1H3. The SMILES string of the molecule is Cc1ccsc1CNS(=O)(=O)c1cc([N+](=O)[O-])c(NN)s1. The van der Waals surface area contributed by atoms with Gasteiger partial charge in [0.15, 0.2) is 5.00 Å². The molecule has 0 fully saturated rings. The lowest BCUT2D eigenvalue weighted by Crippen LogP contribution is -2.22. The van der Waals surface area contributed by atoms with E-state index in [1.54, 1.807) is 0 Å². The second kappa shape index (κ2) is 6.07. The van der Waals surface area contributed by atoms with E-state index in [1.807, 2.05) is 18.4 Å². The molecule has 0 aliphatic heterocycles. The molecule has 21 heavy (non-hydrogen) atoms. The van der Waals surface area contributed by atoms with Gasteiger partial charge in [0.25, 0.3) is 10.0 Å². The van der Waals surface area contributed by atoms with Crippen LogP contribution in [0, 0.1) is 17.0 Å². The number of nitro groups is 1. The number of thiophene rings is 2. The van der Waals surface area contributed by atoms with Gasteiger partial charge in [-0.1, -0.05) is 11.3 Å². The van der Waals surface area contributed by atoms with Crippen molar-refractivity contribution in [1.29, 1.82) is 0 Å². The van der Waals surface area contributed by atoms with E-state index in [0.717, 1.165) is 16.5 Å². The lowest BCUT2D eigenvalue weighted by Gasteiger charge is -2.03. The Bertz CT molecular complexity index is 765. The van der Waals surface area contributed by atoms with E-state index in [1.165, 1.54) is 11.3 Å². The zero-order valence-corrected chi connectivity index (χ0v) is 13.3. The van der Waals surface area contributed by atoms with Gasteiger partial charge in [0.05, 0.1) is 4.92 Å². The van der Waals surface area contributed by atoms with E-state index in [4.69, 9.17) is 5.84 Å². The fraction of sp³-hybridized carbons (Fsp3) is 0.200. The van der Waals surface area contributed by atoms with Crippen LogP contribution in [0.4, 0.5) is 10.7 Å². The lowest BCUT2D eigenvalue weighted by molar-refractivity contribution is -0.383. The molecule has 11 heteroatoms. The lowest BCUT2D eigenvalue weighted by atomic mass is 10.3. The van der Waals surface area contributed by atoms with Crippen molar-refractivity contribution in [1.82, 2.24) is 4.72 Å². The smallest absolute Gasteiger partial charge is 0.306 e. The predicted octanol–water partition coefficient (Wildman–Crippen LogP) is 1.79. The monoisotopic (exact) mass is 348 g/mol. The summed E-state index contributed by atoms with van der Waals surface area (Å²) in [6, 6.07) is 2.88. The van der Waals surface area contributed by atoms with E-state index >= 15 is 0 Å². The van der Waals surface area contributed by atoms with Crippen molar-refractivity contribution in [2.24, 2.45) is 5.84 Å². The first kappa shape index (κ1) is 15.9. The van der Waals surface area contributed by atoms with Crippen LogP contribution in [0.15, 0.2) is 21.7 Å². The molecule has 0 aliphatic rings. The van der Waals surface area contributed by atoms with Gasteiger partial charge in [0.1, 0.15) is 4.21 Å². The van der Waals surface area contributed by atoms with Crippen LogP contribution in [0.5, 0.6) is 0 Å². The number of nitrogens with two attached hydrogens (primary N) is 1. The largest absolute Gasteiger partial charge is 0.310 e. The Morgan fingerprint density at radius 2 is 2.19 bits per heavy atom. The Morgan fingerprint density at radius 3 is 2.67 bits per heavy atom. The van der Waals surface area contributed by atoms with E-state index in [2.05, 4.69) is 10.1 Å². The number of nitrogens with zero attached hydrogens (tertiary/aromatic N) is 1. The highest BCUT2D eigenvalue weighted by Gasteiger charge is 2.25. The third-order valence-corrected chi connectivity index (χ3v) is 6.63.